The largest absolute Gasteiger partial charge is 0.490 e. The fourth-order valence-corrected chi connectivity index (χ4v) is 3.62. The molecule has 0 saturated carbocycles. The SMILES string of the molecule is Cc1cc(-c2ccc(OC3CCN(C(=O)O)CC3)cc2)cc2ncccc12. The third kappa shape index (κ3) is 3.72. The van der Waals surface area contributed by atoms with Crippen molar-refractivity contribution >= 4 is 17.0 Å². The normalized spacial score (nSPS) is 15.1. The molecule has 2 aromatic carbocycles. The highest BCUT2D eigenvalue weighted by Gasteiger charge is 2.23. The summed E-state index contributed by atoms with van der Waals surface area (Å²) in [6, 6.07) is 16.4. The van der Waals surface area contributed by atoms with Crippen LogP contribution in [0.4, 0.5) is 4.79 Å². The fourth-order valence-electron chi connectivity index (χ4n) is 3.62. The highest BCUT2D eigenvalue weighted by Crippen LogP contribution is 2.28. The van der Waals surface area contributed by atoms with Crippen LogP contribution in [0.15, 0.2) is 54.7 Å². The zero-order chi connectivity index (χ0) is 18.8. The average molecular weight is 362 g/mol. The number of nitrogens with zero attached hydrogens (tertiary/aromatic N) is 2. The van der Waals surface area contributed by atoms with Crippen LogP contribution in [0.3, 0.4) is 0 Å². The number of piperidine rings is 1. The van der Waals surface area contributed by atoms with Gasteiger partial charge in [-0.3, -0.25) is 4.98 Å². The number of likely N-dealkylation sites (tertiary alicyclic amines) is 1. The molecule has 5 heteroatoms. The highest BCUT2D eigenvalue weighted by molar-refractivity contribution is 5.87. The van der Waals surface area contributed by atoms with E-state index in [4.69, 9.17) is 9.84 Å². The molecule has 0 radical (unpaired) electrons. The number of ether oxygens (including phenoxy) is 1. The molecule has 0 atom stereocenters. The molecule has 0 unspecified atom stereocenters. The minimum absolute atomic E-state index is 0.0681. The Labute approximate surface area is 158 Å². The molecule has 1 amide bonds. The van der Waals surface area contributed by atoms with Gasteiger partial charge in [-0.05, 0) is 47.9 Å². The Morgan fingerprint density at radius 2 is 1.85 bits per heavy atom. The number of carboxylic acid groups (broad SMARTS) is 1. The lowest BCUT2D eigenvalue weighted by molar-refractivity contribution is 0.0895. The van der Waals surface area contributed by atoms with Gasteiger partial charge in [-0.25, -0.2) is 4.79 Å². The van der Waals surface area contributed by atoms with Gasteiger partial charge >= 0.3 is 6.09 Å². The van der Waals surface area contributed by atoms with E-state index in [1.165, 1.54) is 15.8 Å². The first-order chi connectivity index (χ1) is 13.1. The lowest BCUT2D eigenvalue weighted by Crippen LogP contribution is -2.41. The van der Waals surface area contributed by atoms with E-state index in [0.717, 1.165) is 35.2 Å². The number of hydrogen-bond acceptors (Lipinski definition) is 3. The molecule has 2 heterocycles. The molecule has 138 valence electrons. The van der Waals surface area contributed by atoms with Crippen LogP contribution >= 0.6 is 0 Å². The molecule has 27 heavy (non-hydrogen) atoms. The molecule has 0 spiro atoms. The van der Waals surface area contributed by atoms with Gasteiger partial charge in [-0.2, -0.15) is 0 Å². The number of amides is 1. The van der Waals surface area contributed by atoms with E-state index in [2.05, 4.69) is 42.2 Å². The second-order valence-electron chi connectivity index (χ2n) is 6.97. The Kier molecular flexibility index (Phi) is 4.67. The predicted molar refractivity (Wildman–Crippen MR) is 105 cm³/mol. The zero-order valence-corrected chi connectivity index (χ0v) is 15.3. The van der Waals surface area contributed by atoms with Gasteiger partial charge in [0.15, 0.2) is 0 Å². The molecule has 1 saturated heterocycles. The summed E-state index contributed by atoms with van der Waals surface area (Å²) in [4.78, 5) is 16.9. The van der Waals surface area contributed by atoms with Gasteiger partial charge in [0.1, 0.15) is 11.9 Å². The summed E-state index contributed by atoms with van der Waals surface area (Å²) in [7, 11) is 0. The number of rotatable bonds is 3. The van der Waals surface area contributed by atoms with Crippen molar-refractivity contribution in [1.29, 1.82) is 0 Å². The van der Waals surface area contributed by atoms with Gasteiger partial charge in [0.05, 0.1) is 5.52 Å². The molecule has 0 bridgehead atoms. The third-order valence-corrected chi connectivity index (χ3v) is 5.13. The van der Waals surface area contributed by atoms with E-state index in [9.17, 15) is 4.79 Å². The van der Waals surface area contributed by atoms with Crippen molar-refractivity contribution in [2.24, 2.45) is 0 Å². The van der Waals surface area contributed by atoms with Gasteiger partial charge in [0, 0.05) is 37.5 Å². The van der Waals surface area contributed by atoms with Crippen LogP contribution in [0, 0.1) is 6.92 Å². The molecular formula is C22H22N2O3. The number of hydrogen-bond donors (Lipinski definition) is 1. The summed E-state index contributed by atoms with van der Waals surface area (Å²) >= 11 is 0. The Hall–Kier alpha value is -3.08. The standard InChI is InChI=1S/C22H22N2O3/c1-15-13-17(14-21-20(15)3-2-10-23-21)16-4-6-18(7-5-16)27-19-8-11-24(12-9-19)22(25)26/h2-7,10,13-14,19H,8-9,11-12H2,1H3,(H,25,26). The van der Waals surface area contributed by atoms with E-state index in [1.54, 1.807) is 0 Å². The number of aryl methyl sites for hydroxylation is 1. The quantitative estimate of drug-likeness (QED) is 0.731. The Morgan fingerprint density at radius 1 is 1.11 bits per heavy atom. The Bertz CT molecular complexity index is 961. The molecule has 1 aromatic heterocycles. The van der Waals surface area contributed by atoms with Crippen molar-refractivity contribution in [3.63, 3.8) is 0 Å². The average Bonchev–Trinajstić information content (AvgIpc) is 2.69. The first-order valence-electron chi connectivity index (χ1n) is 9.20. The maximum absolute atomic E-state index is 11.0. The van der Waals surface area contributed by atoms with Gasteiger partial charge in [-0.1, -0.05) is 24.3 Å². The van der Waals surface area contributed by atoms with Crippen molar-refractivity contribution in [2.45, 2.75) is 25.9 Å². The fraction of sp³-hybridized carbons (Fsp3) is 0.273. The van der Waals surface area contributed by atoms with Gasteiger partial charge in [0.25, 0.3) is 0 Å². The molecule has 4 rings (SSSR count). The third-order valence-electron chi connectivity index (χ3n) is 5.13. The molecule has 0 aliphatic carbocycles. The van der Waals surface area contributed by atoms with Crippen molar-refractivity contribution < 1.29 is 14.6 Å². The number of aromatic nitrogens is 1. The minimum atomic E-state index is -0.849. The van der Waals surface area contributed by atoms with E-state index < -0.39 is 6.09 Å². The van der Waals surface area contributed by atoms with Crippen LogP contribution in [0.25, 0.3) is 22.0 Å². The summed E-state index contributed by atoms with van der Waals surface area (Å²) in [6.07, 6.45) is 2.49. The van der Waals surface area contributed by atoms with Crippen molar-refractivity contribution in [2.75, 3.05) is 13.1 Å². The molecule has 1 aliphatic rings. The summed E-state index contributed by atoms with van der Waals surface area (Å²) in [5.74, 6) is 0.822. The maximum Gasteiger partial charge on any atom is 0.407 e. The van der Waals surface area contributed by atoms with E-state index >= 15 is 0 Å². The van der Waals surface area contributed by atoms with Crippen LogP contribution in [0.1, 0.15) is 18.4 Å². The first kappa shape index (κ1) is 17.3. The molecule has 1 N–H and O–H groups in total. The predicted octanol–water partition coefficient (Wildman–Crippen LogP) is 4.73. The monoisotopic (exact) mass is 362 g/mol. The van der Waals surface area contributed by atoms with Gasteiger partial charge < -0.3 is 14.7 Å². The summed E-state index contributed by atoms with van der Waals surface area (Å²) < 4.78 is 6.04. The second kappa shape index (κ2) is 7.27. The number of carbonyl (C=O) groups is 1. The zero-order valence-electron chi connectivity index (χ0n) is 15.3. The highest BCUT2D eigenvalue weighted by atomic mass is 16.5. The molecule has 3 aromatic rings. The van der Waals surface area contributed by atoms with Crippen LogP contribution in [0.5, 0.6) is 5.75 Å². The lowest BCUT2D eigenvalue weighted by atomic mass is 10.00. The van der Waals surface area contributed by atoms with E-state index in [-0.39, 0.29) is 6.10 Å². The van der Waals surface area contributed by atoms with Crippen LogP contribution in [-0.4, -0.2) is 40.3 Å². The topological polar surface area (TPSA) is 62.7 Å². The lowest BCUT2D eigenvalue weighted by Gasteiger charge is -2.30. The van der Waals surface area contributed by atoms with Crippen LogP contribution in [0.2, 0.25) is 0 Å². The Morgan fingerprint density at radius 3 is 2.56 bits per heavy atom. The van der Waals surface area contributed by atoms with Gasteiger partial charge in [-0.15, -0.1) is 0 Å². The molecular weight excluding hydrogens is 340 g/mol. The molecule has 1 aliphatic heterocycles. The molecule has 1 fully saturated rings. The van der Waals surface area contributed by atoms with Crippen LogP contribution in [-0.2, 0) is 0 Å². The minimum Gasteiger partial charge on any atom is -0.490 e. The van der Waals surface area contributed by atoms with E-state index in [0.29, 0.717) is 13.1 Å². The van der Waals surface area contributed by atoms with Crippen molar-refractivity contribution in [1.82, 2.24) is 9.88 Å². The summed E-state index contributed by atoms with van der Waals surface area (Å²) in [6.45, 7) is 3.16. The number of pyridine rings is 1. The first-order valence-corrected chi connectivity index (χ1v) is 9.20. The Balaban J connectivity index is 1.47. The number of benzene rings is 2. The maximum atomic E-state index is 11.0. The summed E-state index contributed by atoms with van der Waals surface area (Å²) in [5.41, 5.74) is 4.47. The smallest absolute Gasteiger partial charge is 0.407 e. The summed E-state index contributed by atoms with van der Waals surface area (Å²) in [5, 5.41) is 10.2. The van der Waals surface area contributed by atoms with Crippen molar-refractivity contribution in [3.8, 4) is 16.9 Å². The van der Waals surface area contributed by atoms with Crippen molar-refractivity contribution in [3.05, 3.63) is 60.3 Å². The molecule has 5 nitrogen and oxygen atoms in total. The van der Waals surface area contributed by atoms with Crippen LogP contribution < -0.4 is 4.74 Å². The second-order valence-corrected chi connectivity index (χ2v) is 6.97. The van der Waals surface area contributed by atoms with Gasteiger partial charge in [0.2, 0.25) is 0 Å². The van der Waals surface area contributed by atoms with E-state index in [1.807, 2.05) is 24.4 Å². The number of fused-ring (bicyclic) bond motifs is 1.